The van der Waals surface area contributed by atoms with E-state index in [9.17, 15) is 9.59 Å². The Morgan fingerprint density at radius 2 is 2.00 bits per heavy atom. The maximum Gasteiger partial charge on any atom is 0.309 e. The Balaban J connectivity index is 1.92. The number of hydrogen-bond acceptors (Lipinski definition) is 3. The van der Waals surface area contributed by atoms with E-state index in [1.54, 1.807) is 13.8 Å². The van der Waals surface area contributed by atoms with Crippen LogP contribution in [0.1, 0.15) is 33.1 Å². The van der Waals surface area contributed by atoms with Crippen molar-refractivity contribution in [2.45, 2.75) is 39.2 Å². The van der Waals surface area contributed by atoms with Crippen molar-refractivity contribution >= 4 is 11.9 Å². The second-order valence-corrected chi connectivity index (χ2v) is 6.04. The summed E-state index contributed by atoms with van der Waals surface area (Å²) in [5.74, 6) is -0.927. The summed E-state index contributed by atoms with van der Waals surface area (Å²) in [6.45, 7) is 6.81. The molecule has 2 aliphatic heterocycles. The van der Waals surface area contributed by atoms with Crippen LogP contribution in [-0.2, 0) is 9.59 Å². The first-order valence-corrected chi connectivity index (χ1v) is 6.65. The van der Waals surface area contributed by atoms with E-state index in [4.69, 9.17) is 5.11 Å². The van der Waals surface area contributed by atoms with E-state index < -0.39 is 11.4 Å². The highest BCUT2D eigenvalue weighted by Gasteiger charge is 2.36. The van der Waals surface area contributed by atoms with Crippen molar-refractivity contribution in [2.24, 2.45) is 5.41 Å². The van der Waals surface area contributed by atoms with E-state index in [1.165, 1.54) is 6.42 Å². The summed E-state index contributed by atoms with van der Waals surface area (Å²) in [5, 5.41) is 9.06. The highest BCUT2D eigenvalue weighted by molar-refractivity contribution is 5.84. The number of carboxylic acid groups (broad SMARTS) is 1. The van der Waals surface area contributed by atoms with Crippen molar-refractivity contribution < 1.29 is 14.7 Å². The zero-order valence-corrected chi connectivity index (χ0v) is 11.2. The monoisotopic (exact) mass is 254 g/mol. The smallest absolute Gasteiger partial charge is 0.309 e. The number of rotatable bonds is 3. The standard InChI is InChI=1S/C13H22N2O3/c1-13(2,12(17)18)8-11(16)15-7-6-14-5-3-4-10(14)9-15/h10H,3-9H2,1-2H3,(H,17,18). The molecule has 1 unspecified atom stereocenters. The quantitative estimate of drug-likeness (QED) is 0.809. The summed E-state index contributed by atoms with van der Waals surface area (Å²) in [7, 11) is 0. The Hall–Kier alpha value is -1.10. The molecule has 5 nitrogen and oxygen atoms in total. The fourth-order valence-electron chi connectivity index (χ4n) is 2.78. The molecule has 0 aromatic rings. The van der Waals surface area contributed by atoms with Crippen LogP contribution >= 0.6 is 0 Å². The molecule has 102 valence electrons. The fraction of sp³-hybridized carbons (Fsp3) is 0.846. The van der Waals surface area contributed by atoms with Crippen LogP contribution in [0, 0.1) is 5.41 Å². The highest BCUT2D eigenvalue weighted by Crippen LogP contribution is 2.25. The van der Waals surface area contributed by atoms with E-state index >= 15 is 0 Å². The number of nitrogens with zero attached hydrogens (tertiary/aromatic N) is 2. The van der Waals surface area contributed by atoms with Gasteiger partial charge < -0.3 is 10.0 Å². The third-order valence-electron chi connectivity index (χ3n) is 4.11. The number of aliphatic carboxylic acids is 1. The van der Waals surface area contributed by atoms with Gasteiger partial charge >= 0.3 is 5.97 Å². The summed E-state index contributed by atoms with van der Waals surface area (Å²) < 4.78 is 0. The molecular formula is C13H22N2O3. The number of hydrogen-bond donors (Lipinski definition) is 1. The lowest BCUT2D eigenvalue weighted by Crippen LogP contribution is -2.52. The summed E-state index contributed by atoms with van der Waals surface area (Å²) in [5.41, 5.74) is -0.968. The van der Waals surface area contributed by atoms with E-state index in [0.717, 1.165) is 32.6 Å². The van der Waals surface area contributed by atoms with Gasteiger partial charge in [0, 0.05) is 32.1 Å². The maximum absolute atomic E-state index is 12.2. The second kappa shape index (κ2) is 4.88. The van der Waals surface area contributed by atoms with E-state index in [2.05, 4.69) is 4.90 Å². The van der Waals surface area contributed by atoms with Gasteiger partial charge in [0.05, 0.1) is 5.41 Å². The van der Waals surface area contributed by atoms with Crippen LogP contribution in [0.3, 0.4) is 0 Å². The summed E-state index contributed by atoms with van der Waals surface area (Å²) in [6, 6.07) is 0.496. The van der Waals surface area contributed by atoms with E-state index in [0.29, 0.717) is 6.04 Å². The van der Waals surface area contributed by atoms with Crippen molar-refractivity contribution in [3.8, 4) is 0 Å². The molecule has 1 N–H and O–H groups in total. The predicted octanol–water partition coefficient (Wildman–Crippen LogP) is 0.794. The first-order chi connectivity index (χ1) is 8.40. The fourth-order valence-corrected chi connectivity index (χ4v) is 2.78. The van der Waals surface area contributed by atoms with Crippen LogP contribution in [-0.4, -0.2) is 59.0 Å². The molecule has 5 heteroatoms. The molecule has 1 amide bonds. The molecule has 0 saturated carbocycles. The number of carboxylic acids is 1. The van der Waals surface area contributed by atoms with Gasteiger partial charge in [-0.25, -0.2) is 0 Å². The summed E-state index contributed by atoms with van der Waals surface area (Å²) in [6.07, 6.45) is 2.47. The van der Waals surface area contributed by atoms with Gasteiger partial charge in [-0.15, -0.1) is 0 Å². The number of amides is 1. The second-order valence-electron chi connectivity index (χ2n) is 6.04. The van der Waals surface area contributed by atoms with Crippen LogP contribution in [0.2, 0.25) is 0 Å². The zero-order valence-electron chi connectivity index (χ0n) is 11.2. The highest BCUT2D eigenvalue weighted by atomic mass is 16.4. The Morgan fingerprint density at radius 3 is 2.67 bits per heavy atom. The van der Waals surface area contributed by atoms with Gasteiger partial charge in [-0.2, -0.15) is 0 Å². The molecule has 2 fully saturated rings. The molecule has 2 aliphatic rings. The van der Waals surface area contributed by atoms with Crippen molar-refractivity contribution in [3.05, 3.63) is 0 Å². The van der Waals surface area contributed by atoms with Crippen LogP contribution in [0.5, 0.6) is 0 Å². The number of carbonyl (C=O) groups excluding carboxylic acids is 1. The third-order valence-corrected chi connectivity index (χ3v) is 4.11. The molecule has 2 saturated heterocycles. The van der Waals surface area contributed by atoms with E-state index in [-0.39, 0.29) is 12.3 Å². The molecule has 0 bridgehead atoms. The van der Waals surface area contributed by atoms with Crippen LogP contribution in [0.4, 0.5) is 0 Å². The first kappa shape index (κ1) is 13.3. The number of fused-ring (bicyclic) bond motifs is 1. The minimum Gasteiger partial charge on any atom is -0.481 e. The van der Waals surface area contributed by atoms with Gasteiger partial charge in [-0.05, 0) is 33.2 Å². The van der Waals surface area contributed by atoms with Crippen LogP contribution < -0.4 is 0 Å². The van der Waals surface area contributed by atoms with Gasteiger partial charge in [0.15, 0.2) is 0 Å². The van der Waals surface area contributed by atoms with Gasteiger partial charge in [0.2, 0.25) is 5.91 Å². The minimum atomic E-state index is -0.968. The average molecular weight is 254 g/mol. The maximum atomic E-state index is 12.2. The van der Waals surface area contributed by atoms with Gasteiger partial charge in [-0.1, -0.05) is 0 Å². The van der Waals surface area contributed by atoms with Crippen molar-refractivity contribution in [3.63, 3.8) is 0 Å². The largest absolute Gasteiger partial charge is 0.481 e. The third kappa shape index (κ3) is 2.66. The topological polar surface area (TPSA) is 60.9 Å². The molecule has 0 aromatic carbocycles. The lowest BCUT2D eigenvalue weighted by atomic mass is 9.89. The van der Waals surface area contributed by atoms with Gasteiger partial charge in [0.25, 0.3) is 0 Å². The number of carbonyl (C=O) groups is 2. The predicted molar refractivity (Wildman–Crippen MR) is 67.2 cm³/mol. The lowest BCUT2D eigenvalue weighted by molar-refractivity contribution is -0.152. The van der Waals surface area contributed by atoms with Gasteiger partial charge in [0.1, 0.15) is 0 Å². The normalized spacial score (nSPS) is 25.0. The van der Waals surface area contributed by atoms with Crippen molar-refractivity contribution in [1.82, 2.24) is 9.80 Å². The summed E-state index contributed by atoms with van der Waals surface area (Å²) in [4.78, 5) is 27.5. The molecule has 0 radical (unpaired) electrons. The Labute approximate surface area is 108 Å². The minimum absolute atomic E-state index is 0.0195. The molecule has 0 aromatic heterocycles. The molecule has 18 heavy (non-hydrogen) atoms. The Bertz CT molecular complexity index is 354. The SMILES string of the molecule is CC(C)(CC(=O)N1CCN2CCCC2C1)C(=O)O. The molecule has 0 aliphatic carbocycles. The van der Waals surface area contributed by atoms with Gasteiger partial charge in [-0.3, -0.25) is 14.5 Å². The van der Waals surface area contributed by atoms with Crippen LogP contribution in [0.15, 0.2) is 0 Å². The van der Waals surface area contributed by atoms with Crippen molar-refractivity contribution in [1.29, 1.82) is 0 Å². The van der Waals surface area contributed by atoms with E-state index in [1.807, 2.05) is 4.90 Å². The molecule has 1 atom stereocenters. The Kier molecular flexibility index (Phi) is 3.61. The summed E-state index contributed by atoms with van der Waals surface area (Å²) >= 11 is 0. The average Bonchev–Trinajstić information content (AvgIpc) is 2.74. The zero-order chi connectivity index (χ0) is 13.3. The molecule has 2 rings (SSSR count). The Morgan fingerprint density at radius 1 is 1.28 bits per heavy atom. The van der Waals surface area contributed by atoms with Crippen molar-refractivity contribution in [2.75, 3.05) is 26.2 Å². The molecular weight excluding hydrogens is 232 g/mol. The van der Waals surface area contributed by atoms with Crippen LogP contribution in [0.25, 0.3) is 0 Å². The molecule has 0 spiro atoms. The lowest BCUT2D eigenvalue weighted by Gasteiger charge is -2.38. The number of piperazine rings is 1. The molecule has 2 heterocycles. The first-order valence-electron chi connectivity index (χ1n) is 6.65.